The number of aliphatic hydroxyl groups excluding tert-OH is 1. The molecule has 1 aliphatic carbocycles. The molecule has 1 aromatic heterocycles. The third kappa shape index (κ3) is 3.46. The van der Waals surface area contributed by atoms with E-state index in [9.17, 15) is 10.4 Å². The molecule has 0 aromatic carbocycles. The molecule has 0 radical (unpaired) electrons. The van der Waals surface area contributed by atoms with Gasteiger partial charge in [0, 0.05) is 22.4 Å². The highest BCUT2D eigenvalue weighted by atomic mass is 79.9. The standard InChI is InChI=1S/C17H23BrN2O/c1-16(2,3)13-4-6-17(11-19,7-5-13)15(21)12-8-14(18)10-20-9-12/h8-10,13,15,21H,4-7H2,1-3H3. The highest BCUT2D eigenvalue weighted by Gasteiger charge is 2.44. The second-order valence-corrected chi connectivity index (χ2v) is 8.16. The summed E-state index contributed by atoms with van der Waals surface area (Å²) in [6.07, 6.45) is 6.06. The molecule has 4 heteroatoms. The Balaban J connectivity index is 2.19. The molecule has 1 aromatic rings. The molecule has 3 nitrogen and oxygen atoms in total. The number of nitriles is 1. The van der Waals surface area contributed by atoms with Gasteiger partial charge in [0.1, 0.15) is 0 Å². The predicted molar refractivity (Wildman–Crippen MR) is 86.4 cm³/mol. The number of rotatable bonds is 2. The summed E-state index contributed by atoms with van der Waals surface area (Å²) in [4.78, 5) is 4.10. The Hall–Kier alpha value is -0.920. The van der Waals surface area contributed by atoms with Crippen molar-refractivity contribution in [2.24, 2.45) is 16.7 Å². The van der Waals surface area contributed by atoms with Gasteiger partial charge in [-0.1, -0.05) is 20.8 Å². The molecule has 0 bridgehead atoms. The van der Waals surface area contributed by atoms with Crippen molar-refractivity contribution in [3.63, 3.8) is 0 Å². The molecule has 1 aliphatic rings. The van der Waals surface area contributed by atoms with Crippen molar-refractivity contribution in [2.75, 3.05) is 0 Å². The molecule has 1 atom stereocenters. The van der Waals surface area contributed by atoms with Gasteiger partial charge >= 0.3 is 0 Å². The van der Waals surface area contributed by atoms with Crippen molar-refractivity contribution in [1.29, 1.82) is 5.26 Å². The van der Waals surface area contributed by atoms with Gasteiger partial charge in [-0.15, -0.1) is 0 Å². The lowest BCUT2D eigenvalue weighted by molar-refractivity contribution is 0.00820. The minimum absolute atomic E-state index is 0.268. The van der Waals surface area contributed by atoms with Crippen molar-refractivity contribution in [3.8, 4) is 6.07 Å². The van der Waals surface area contributed by atoms with E-state index in [2.05, 4.69) is 47.8 Å². The Kier molecular flexibility index (Phi) is 4.75. The fourth-order valence-electron chi connectivity index (χ4n) is 3.34. The Morgan fingerprint density at radius 1 is 1.38 bits per heavy atom. The molecule has 0 spiro atoms. The van der Waals surface area contributed by atoms with Gasteiger partial charge in [0.15, 0.2) is 0 Å². The molecule has 2 rings (SSSR count). The van der Waals surface area contributed by atoms with Crippen molar-refractivity contribution in [3.05, 3.63) is 28.5 Å². The monoisotopic (exact) mass is 350 g/mol. The summed E-state index contributed by atoms with van der Waals surface area (Å²) < 4.78 is 0.829. The fourth-order valence-corrected chi connectivity index (χ4v) is 3.72. The quantitative estimate of drug-likeness (QED) is 0.846. The summed E-state index contributed by atoms with van der Waals surface area (Å²) in [5.74, 6) is 0.617. The molecule has 1 unspecified atom stereocenters. The smallest absolute Gasteiger partial charge is 0.0991 e. The first kappa shape index (κ1) is 16.5. The van der Waals surface area contributed by atoms with Gasteiger partial charge in [0.25, 0.3) is 0 Å². The zero-order valence-corrected chi connectivity index (χ0v) is 14.5. The van der Waals surface area contributed by atoms with Crippen LogP contribution in [0.25, 0.3) is 0 Å². The lowest BCUT2D eigenvalue weighted by Gasteiger charge is -2.42. The maximum absolute atomic E-state index is 10.7. The van der Waals surface area contributed by atoms with Crippen LogP contribution in [0.15, 0.2) is 22.9 Å². The minimum atomic E-state index is -0.770. The van der Waals surface area contributed by atoms with Crippen LogP contribution in [0.2, 0.25) is 0 Å². The lowest BCUT2D eigenvalue weighted by Crippen LogP contribution is -2.36. The van der Waals surface area contributed by atoms with Crippen LogP contribution in [0.5, 0.6) is 0 Å². The van der Waals surface area contributed by atoms with Crippen LogP contribution in [0.1, 0.15) is 58.1 Å². The molecule has 114 valence electrons. The van der Waals surface area contributed by atoms with Crippen LogP contribution in [-0.2, 0) is 0 Å². The van der Waals surface area contributed by atoms with Crippen molar-refractivity contribution >= 4 is 15.9 Å². The number of aromatic nitrogens is 1. The van der Waals surface area contributed by atoms with Crippen molar-refractivity contribution in [1.82, 2.24) is 4.98 Å². The van der Waals surface area contributed by atoms with Crippen LogP contribution in [-0.4, -0.2) is 10.1 Å². The van der Waals surface area contributed by atoms with E-state index in [1.54, 1.807) is 12.4 Å². The number of nitrogens with zero attached hydrogens (tertiary/aromatic N) is 2. The highest BCUT2D eigenvalue weighted by Crippen LogP contribution is 2.50. The third-order valence-electron chi connectivity index (χ3n) is 4.89. The maximum atomic E-state index is 10.7. The molecule has 1 saturated carbocycles. The van der Waals surface area contributed by atoms with Crippen molar-refractivity contribution in [2.45, 2.75) is 52.6 Å². The topological polar surface area (TPSA) is 56.9 Å². The van der Waals surface area contributed by atoms with Crippen LogP contribution < -0.4 is 0 Å². The van der Waals surface area contributed by atoms with Gasteiger partial charge in [0.2, 0.25) is 0 Å². The summed E-state index contributed by atoms with van der Waals surface area (Å²) >= 11 is 3.37. The number of hydrogen-bond donors (Lipinski definition) is 1. The van der Waals surface area contributed by atoms with Gasteiger partial charge in [-0.05, 0) is 59.0 Å². The fraction of sp³-hybridized carbons (Fsp3) is 0.647. The van der Waals surface area contributed by atoms with Gasteiger partial charge < -0.3 is 5.11 Å². The van der Waals surface area contributed by atoms with E-state index in [1.165, 1.54) is 0 Å². The second-order valence-electron chi connectivity index (χ2n) is 7.25. The molecule has 1 N–H and O–H groups in total. The predicted octanol–water partition coefficient (Wildman–Crippen LogP) is 4.62. The van der Waals surface area contributed by atoms with Crippen LogP contribution in [0, 0.1) is 28.1 Å². The van der Waals surface area contributed by atoms with Gasteiger partial charge in [-0.2, -0.15) is 5.26 Å². The zero-order chi connectivity index (χ0) is 15.7. The summed E-state index contributed by atoms with van der Waals surface area (Å²) in [6, 6.07) is 4.27. The van der Waals surface area contributed by atoms with Crippen LogP contribution >= 0.6 is 15.9 Å². The molecule has 1 heterocycles. The van der Waals surface area contributed by atoms with Gasteiger partial charge in [-0.3, -0.25) is 4.98 Å². The van der Waals surface area contributed by atoms with Gasteiger partial charge in [0.05, 0.1) is 17.6 Å². The molecule has 21 heavy (non-hydrogen) atoms. The summed E-state index contributed by atoms with van der Waals surface area (Å²) in [6.45, 7) is 6.77. The largest absolute Gasteiger partial charge is 0.387 e. The lowest BCUT2D eigenvalue weighted by atomic mass is 9.62. The van der Waals surface area contributed by atoms with E-state index < -0.39 is 11.5 Å². The normalized spacial score (nSPS) is 27.9. The minimum Gasteiger partial charge on any atom is -0.387 e. The summed E-state index contributed by atoms with van der Waals surface area (Å²) in [5.41, 5.74) is 0.314. The highest BCUT2D eigenvalue weighted by molar-refractivity contribution is 9.10. The van der Waals surface area contributed by atoms with Gasteiger partial charge in [-0.25, -0.2) is 0 Å². The first-order chi connectivity index (χ1) is 9.78. The summed E-state index contributed by atoms with van der Waals surface area (Å²) in [5, 5.41) is 20.4. The van der Waals surface area contributed by atoms with Crippen LogP contribution in [0.3, 0.4) is 0 Å². The molecule has 1 fully saturated rings. The average Bonchev–Trinajstić information content (AvgIpc) is 2.45. The van der Waals surface area contributed by atoms with E-state index in [0.717, 1.165) is 35.7 Å². The average molecular weight is 351 g/mol. The molecular formula is C17H23BrN2O. The van der Waals surface area contributed by atoms with E-state index in [1.807, 2.05) is 6.07 Å². The Bertz CT molecular complexity index is 536. The Labute approximate surface area is 135 Å². The van der Waals surface area contributed by atoms with Crippen molar-refractivity contribution < 1.29 is 5.11 Å². The SMILES string of the molecule is CC(C)(C)C1CCC(C#N)(C(O)c2cncc(Br)c2)CC1. The number of aliphatic hydroxyl groups is 1. The van der Waals surface area contributed by atoms with E-state index in [4.69, 9.17) is 0 Å². The van der Waals surface area contributed by atoms with Crippen LogP contribution in [0.4, 0.5) is 0 Å². The molecule has 0 amide bonds. The molecule has 0 saturated heterocycles. The number of halogens is 1. The molecule has 0 aliphatic heterocycles. The maximum Gasteiger partial charge on any atom is 0.0991 e. The van der Waals surface area contributed by atoms with E-state index in [-0.39, 0.29) is 5.41 Å². The number of hydrogen-bond acceptors (Lipinski definition) is 3. The Morgan fingerprint density at radius 3 is 2.48 bits per heavy atom. The first-order valence-electron chi connectivity index (χ1n) is 7.48. The second kappa shape index (κ2) is 6.06. The van der Waals surface area contributed by atoms with E-state index >= 15 is 0 Å². The first-order valence-corrected chi connectivity index (χ1v) is 8.27. The van der Waals surface area contributed by atoms with E-state index in [0.29, 0.717) is 5.92 Å². The summed E-state index contributed by atoms with van der Waals surface area (Å²) in [7, 11) is 0. The zero-order valence-electron chi connectivity index (χ0n) is 12.9. The Morgan fingerprint density at radius 2 is 2.00 bits per heavy atom. The molecular weight excluding hydrogens is 328 g/mol. The third-order valence-corrected chi connectivity index (χ3v) is 5.32. The number of pyridine rings is 1.